The summed E-state index contributed by atoms with van der Waals surface area (Å²) in [5.41, 5.74) is 4.69. The second-order valence-electron chi connectivity index (χ2n) is 7.68. The lowest BCUT2D eigenvalue weighted by atomic mass is 9.94. The van der Waals surface area contributed by atoms with Gasteiger partial charge in [-0.1, -0.05) is 24.3 Å². The number of carbonyl (C=O) groups excluding carboxylic acids is 1. The van der Waals surface area contributed by atoms with Crippen molar-refractivity contribution >= 4 is 17.2 Å². The van der Waals surface area contributed by atoms with Crippen LogP contribution in [0.1, 0.15) is 46.8 Å². The molecular formula is C24H24F2N2O2S. The summed E-state index contributed by atoms with van der Waals surface area (Å²) in [4.78, 5) is 19.9. The van der Waals surface area contributed by atoms with Crippen LogP contribution in [0.2, 0.25) is 0 Å². The minimum absolute atomic E-state index is 0.0247. The van der Waals surface area contributed by atoms with E-state index in [1.807, 2.05) is 43.0 Å². The first-order valence-corrected chi connectivity index (χ1v) is 11.2. The van der Waals surface area contributed by atoms with Gasteiger partial charge in [-0.2, -0.15) is 0 Å². The largest absolute Gasteiger partial charge is 0.373 e. The van der Waals surface area contributed by atoms with Gasteiger partial charge in [0, 0.05) is 25.3 Å². The molecule has 1 aromatic heterocycles. The standard InChI is InChI=1S/C24H24F2N2O2S/c1-3-28(24(29)23-15(2)27-14-31-23)21-8-9-30-22(13-21)17-6-4-16(5-7-17)18-10-19(25)12-20(26)11-18/h4-7,10-12,14,21-22H,3,8-9,13H2,1-2H3/t21-,22+/m0/s1. The van der Waals surface area contributed by atoms with Crippen LogP contribution in [0.3, 0.4) is 0 Å². The summed E-state index contributed by atoms with van der Waals surface area (Å²) in [6.07, 6.45) is 1.35. The number of amides is 1. The average Bonchev–Trinajstić information content (AvgIpc) is 3.20. The number of halogens is 2. The highest BCUT2D eigenvalue weighted by Crippen LogP contribution is 2.33. The van der Waals surface area contributed by atoms with Crippen LogP contribution in [0.4, 0.5) is 8.78 Å². The summed E-state index contributed by atoms with van der Waals surface area (Å²) in [5, 5.41) is 0. The molecule has 1 amide bonds. The van der Waals surface area contributed by atoms with Crippen molar-refractivity contribution in [1.29, 1.82) is 0 Å². The summed E-state index contributed by atoms with van der Waals surface area (Å²) >= 11 is 1.38. The van der Waals surface area contributed by atoms with Crippen LogP contribution in [0.25, 0.3) is 11.1 Å². The van der Waals surface area contributed by atoms with Crippen LogP contribution in [0.5, 0.6) is 0 Å². The molecular weight excluding hydrogens is 418 g/mol. The fourth-order valence-corrected chi connectivity index (χ4v) is 4.87. The number of carbonyl (C=O) groups is 1. The number of aryl methyl sites for hydroxylation is 1. The molecule has 4 nitrogen and oxygen atoms in total. The van der Waals surface area contributed by atoms with E-state index in [1.165, 1.54) is 23.5 Å². The van der Waals surface area contributed by atoms with Gasteiger partial charge in [0.05, 0.1) is 17.3 Å². The number of ether oxygens (including phenoxy) is 1. The van der Waals surface area contributed by atoms with Crippen molar-refractivity contribution in [3.8, 4) is 11.1 Å². The lowest BCUT2D eigenvalue weighted by Gasteiger charge is -2.37. The number of hydrogen-bond acceptors (Lipinski definition) is 4. The molecule has 1 saturated heterocycles. The summed E-state index contributed by atoms with van der Waals surface area (Å²) in [6.45, 7) is 5.04. The monoisotopic (exact) mass is 442 g/mol. The predicted molar refractivity (Wildman–Crippen MR) is 117 cm³/mol. The van der Waals surface area contributed by atoms with Crippen molar-refractivity contribution in [2.24, 2.45) is 0 Å². The van der Waals surface area contributed by atoms with Crippen molar-refractivity contribution in [3.05, 3.63) is 75.7 Å². The Balaban J connectivity index is 1.50. The van der Waals surface area contributed by atoms with Gasteiger partial charge in [0.15, 0.2) is 0 Å². The molecule has 0 unspecified atom stereocenters. The summed E-state index contributed by atoms with van der Waals surface area (Å²) in [6, 6.07) is 11.1. The van der Waals surface area contributed by atoms with Crippen molar-refractivity contribution < 1.29 is 18.3 Å². The van der Waals surface area contributed by atoms with E-state index in [1.54, 1.807) is 5.51 Å². The molecule has 2 atom stereocenters. The molecule has 1 aliphatic rings. The van der Waals surface area contributed by atoms with Crippen LogP contribution in [-0.4, -0.2) is 35.0 Å². The smallest absolute Gasteiger partial charge is 0.266 e. The molecule has 2 aromatic carbocycles. The Labute approximate surface area is 184 Å². The normalized spacial score (nSPS) is 18.7. The van der Waals surface area contributed by atoms with Crippen LogP contribution >= 0.6 is 11.3 Å². The summed E-state index contributed by atoms with van der Waals surface area (Å²) < 4.78 is 33.1. The van der Waals surface area contributed by atoms with Gasteiger partial charge >= 0.3 is 0 Å². The molecule has 1 aliphatic heterocycles. The second kappa shape index (κ2) is 9.24. The van der Waals surface area contributed by atoms with Crippen molar-refractivity contribution in [3.63, 3.8) is 0 Å². The number of thiazole rings is 1. The quantitative estimate of drug-likeness (QED) is 0.503. The van der Waals surface area contributed by atoms with Crippen LogP contribution in [0, 0.1) is 18.6 Å². The van der Waals surface area contributed by atoms with E-state index in [4.69, 9.17) is 4.74 Å². The Morgan fingerprint density at radius 3 is 2.48 bits per heavy atom. The first-order valence-electron chi connectivity index (χ1n) is 10.4. The summed E-state index contributed by atoms with van der Waals surface area (Å²) in [5.74, 6) is -1.17. The van der Waals surface area contributed by atoms with E-state index in [2.05, 4.69) is 4.98 Å². The maximum absolute atomic E-state index is 13.5. The van der Waals surface area contributed by atoms with E-state index in [9.17, 15) is 13.6 Å². The van der Waals surface area contributed by atoms with Crippen molar-refractivity contribution in [2.75, 3.05) is 13.2 Å². The first-order chi connectivity index (χ1) is 15.0. The van der Waals surface area contributed by atoms with Gasteiger partial charge in [0.1, 0.15) is 16.5 Å². The zero-order valence-electron chi connectivity index (χ0n) is 17.5. The number of aromatic nitrogens is 1. The van der Waals surface area contributed by atoms with Gasteiger partial charge in [-0.05, 0) is 55.5 Å². The van der Waals surface area contributed by atoms with Gasteiger partial charge in [-0.15, -0.1) is 11.3 Å². The SMILES string of the molecule is CCN(C(=O)c1scnc1C)[C@H]1CCO[C@@H](c2ccc(-c3cc(F)cc(F)c3)cc2)C1. The van der Waals surface area contributed by atoms with Crippen LogP contribution in [0.15, 0.2) is 48.0 Å². The van der Waals surface area contributed by atoms with E-state index < -0.39 is 11.6 Å². The van der Waals surface area contributed by atoms with Gasteiger partial charge in [0.25, 0.3) is 5.91 Å². The van der Waals surface area contributed by atoms with E-state index in [-0.39, 0.29) is 18.1 Å². The third kappa shape index (κ3) is 4.67. The highest BCUT2D eigenvalue weighted by molar-refractivity contribution is 7.11. The number of nitrogens with zero attached hydrogens (tertiary/aromatic N) is 2. The predicted octanol–water partition coefficient (Wildman–Crippen LogP) is 5.78. The molecule has 1 fully saturated rings. The molecule has 0 radical (unpaired) electrons. The Bertz CT molecular complexity index is 1050. The molecule has 0 bridgehead atoms. The Kier molecular flexibility index (Phi) is 6.43. The Morgan fingerprint density at radius 1 is 1.16 bits per heavy atom. The van der Waals surface area contributed by atoms with E-state index in [0.29, 0.717) is 30.0 Å². The molecule has 0 saturated carbocycles. The van der Waals surface area contributed by atoms with Crippen molar-refractivity contribution in [1.82, 2.24) is 9.88 Å². The fraction of sp³-hybridized carbons (Fsp3) is 0.333. The van der Waals surface area contributed by atoms with Gasteiger partial charge in [0.2, 0.25) is 0 Å². The van der Waals surface area contributed by atoms with Crippen LogP contribution < -0.4 is 0 Å². The minimum Gasteiger partial charge on any atom is -0.373 e. The van der Waals surface area contributed by atoms with Crippen molar-refractivity contribution in [2.45, 2.75) is 38.8 Å². The highest BCUT2D eigenvalue weighted by atomic mass is 32.1. The zero-order chi connectivity index (χ0) is 22.0. The first kappa shape index (κ1) is 21.6. The van der Waals surface area contributed by atoms with E-state index in [0.717, 1.165) is 29.3 Å². The minimum atomic E-state index is -0.599. The number of benzene rings is 2. The van der Waals surface area contributed by atoms with Crippen LogP contribution in [-0.2, 0) is 4.74 Å². The number of hydrogen-bond donors (Lipinski definition) is 0. The lowest BCUT2D eigenvalue weighted by molar-refractivity contribution is -0.0230. The number of rotatable bonds is 5. The molecule has 162 valence electrons. The molecule has 0 aliphatic carbocycles. The molecule has 7 heteroatoms. The second-order valence-corrected chi connectivity index (χ2v) is 8.53. The molecule has 4 rings (SSSR count). The van der Waals surface area contributed by atoms with Gasteiger partial charge < -0.3 is 9.64 Å². The fourth-order valence-electron chi connectivity index (χ4n) is 4.11. The molecule has 3 aromatic rings. The topological polar surface area (TPSA) is 42.4 Å². The molecule has 0 N–H and O–H groups in total. The third-order valence-electron chi connectivity index (χ3n) is 5.72. The third-order valence-corrected chi connectivity index (χ3v) is 6.63. The Hall–Kier alpha value is -2.64. The van der Waals surface area contributed by atoms with Gasteiger partial charge in [-0.25, -0.2) is 13.8 Å². The van der Waals surface area contributed by atoms with E-state index >= 15 is 0 Å². The molecule has 31 heavy (non-hydrogen) atoms. The molecule has 0 spiro atoms. The maximum Gasteiger partial charge on any atom is 0.266 e. The summed E-state index contributed by atoms with van der Waals surface area (Å²) in [7, 11) is 0. The lowest BCUT2D eigenvalue weighted by Crippen LogP contribution is -2.43. The highest BCUT2D eigenvalue weighted by Gasteiger charge is 2.31. The Morgan fingerprint density at radius 2 is 1.87 bits per heavy atom. The average molecular weight is 443 g/mol. The zero-order valence-corrected chi connectivity index (χ0v) is 18.3. The molecule has 2 heterocycles. The maximum atomic E-state index is 13.5. The van der Waals surface area contributed by atoms with Gasteiger partial charge in [-0.3, -0.25) is 4.79 Å².